The van der Waals surface area contributed by atoms with Crippen LogP contribution in [0.2, 0.25) is 0 Å². The highest BCUT2D eigenvalue weighted by Gasteiger charge is 2.01. The molecule has 1 atom stereocenters. The van der Waals surface area contributed by atoms with Crippen LogP contribution in [-0.2, 0) is 0 Å². The van der Waals surface area contributed by atoms with Gasteiger partial charge in [-0.25, -0.2) is 0 Å². The molecule has 0 amide bonds. The van der Waals surface area contributed by atoms with Gasteiger partial charge >= 0.3 is 0 Å². The maximum atomic E-state index is 5.72. The van der Waals surface area contributed by atoms with Crippen molar-refractivity contribution in [1.29, 1.82) is 0 Å². The Balaban J connectivity index is 3.12. The lowest BCUT2D eigenvalue weighted by Crippen LogP contribution is -2.28. The second-order valence-electron chi connectivity index (χ2n) is 7.65. The largest absolute Gasteiger partial charge is 0.330 e. The van der Waals surface area contributed by atoms with E-state index in [-0.39, 0.29) is 0 Å². The number of unbranched alkanes of at least 4 members (excludes halogenated alkanes) is 12. The molecule has 0 fully saturated rings. The summed E-state index contributed by atoms with van der Waals surface area (Å²) >= 11 is 0. The van der Waals surface area contributed by atoms with E-state index in [2.05, 4.69) is 31.3 Å². The third-order valence-electron chi connectivity index (χ3n) is 5.21. The van der Waals surface area contributed by atoms with Crippen molar-refractivity contribution in [3.05, 3.63) is 12.2 Å². The zero-order valence-electron chi connectivity index (χ0n) is 17.5. The zero-order valence-corrected chi connectivity index (χ0v) is 17.5. The second kappa shape index (κ2) is 21.7. The maximum Gasteiger partial charge on any atom is -0.000856 e. The molecule has 0 saturated carbocycles. The van der Waals surface area contributed by atoms with Crippen molar-refractivity contribution in [1.82, 2.24) is 5.32 Å². The number of allylic oxidation sites excluding steroid dienone is 2. The standard InChI is InChI=1S/C23H48N2/c1-3-5-6-7-8-9-10-11-12-13-14-15-16-17-18-19-20-25-22-23(4-2)21-24/h11-12,23,25H,3-10,13-22,24H2,1-2H3/b12-11-. The van der Waals surface area contributed by atoms with Gasteiger partial charge in [-0.3, -0.25) is 0 Å². The molecule has 0 aliphatic rings. The maximum absolute atomic E-state index is 5.72. The van der Waals surface area contributed by atoms with Crippen LogP contribution < -0.4 is 11.1 Å². The molecule has 2 nitrogen and oxygen atoms in total. The van der Waals surface area contributed by atoms with E-state index in [9.17, 15) is 0 Å². The lowest BCUT2D eigenvalue weighted by molar-refractivity contribution is 0.462. The molecule has 0 aromatic rings. The Morgan fingerprint density at radius 1 is 0.720 bits per heavy atom. The van der Waals surface area contributed by atoms with E-state index >= 15 is 0 Å². The summed E-state index contributed by atoms with van der Waals surface area (Å²) < 4.78 is 0. The van der Waals surface area contributed by atoms with Crippen molar-refractivity contribution in [3.63, 3.8) is 0 Å². The van der Waals surface area contributed by atoms with E-state index in [0.29, 0.717) is 5.92 Å². The quantitative estimate of drug-likeness (QED) is 0.191. The molecule has 2 heteroatoms. The average molecular weight is 353 g/mol. The van der Waals surface area contributed by atoms with E-state index in [1.807, 2.05) is 0 Å². The minimum atomic E-state index is 0.661. The van der Waals surface area contributed by atoms with Gasteiger partial charge in [-0.1, -0.05) is 90.2 Å². The van der Waals surface area contributed by atoms with Crippen molar-refractivity contribution >= 4 is 0 Å². The Labute approximate surface area is 159 Å². The predicted octanol–water partition coefficient (Wildman–Crippen LogP) is 6.60. The van der Waals surface area contributed by atoms with Gasteiger partial charge < -0.3 is 11.1 Å². The third kappa shape index (κ3) is 19.8. The van der Waals surface area contributed by atoms with Gasteiger partial charge in [0.1, 0.15) is 0 Å². The Morgan fingerprint density at radius 3 is 1.76 bits per heavy atom. The van der Waals surface area contributed by atoms with Gasteiger partial charge in [-0.15, -0.1) is 0 Å². The Morgan fingerprint density at radius 2 is 1.24 bits per heavy atom. The molecule has 0 aromatic heterocycles. The zero-order chi connectivity index (χ0) is 18.4. The second-order valence-corrected chi connectivity index (χ2v) is 7.65. The summed E-state index contributed by atoms with van der Waals surface area (Å²) in [6.45, 7) is 7.59. The van der Waals surface area contributed by atoms with Gasteiger partial charge in [-0.2, -0.15) is 0 Å². The van der Waals surface area contributed by atoms with Crippen molar-refractivity contribution in [2.75, 3.05) is 19.6 Å². The molecule has 0 aliphatic carbocycles. The van der Waals surface area contributed by atoms with Crippen molar-refractivity contribution in [3.8, 4) is 0 Å². The Bertz CT molecular complexity index is 259. The van der Waals surface area contributed by atoms with Crippen LogP contribution in [0.3, 0.4) is 0 Å². The van der Waals surface area contributed by atoms with E-state index in [1.165, 1.54) is 96.3 Å². The first-order valence-electron chi connectivity index (χ1n) is 11.4. The summed E-state index contributed by atoms with van der Waals surface area (Å²) in [6.07, 6.45) is 25.3. The number of nitrogens with two attached hydrogens (primary N) is 1. The molecule has 1 unspecified atom stereocenters. The Kier molecular flexibility index (Phi) is 21.4. The molecule has 0 radical (unpaired) electrons. The summed E-state index contributed by atoms with van der Waals surface area (Å²) in [5.41, 5.74) is 5.72. The fourth-order valence-corrected chi connectivity index (χ4v) is 3.20. The Hall–Kier alpha value is -0.340. The number of nitrogens with one attached hydrogen (secondary N) is 1. The van der Waals surface area contributed by atoms with Crippen molar-refractivity contribution in [2.24, 2.45) is 11.7 Å². The molecule has 0 rings (SSSR count). The van der Waals surface area contributed by atoms with E-state index in [1.54, 1.807) is 0 Å². The third-order valence-corrected chi connectivity index (χ3v) is 5.21. The van der Waals surface area contributed by atoms with Crippen LogP contribution in [-0.4, -0.2) is 19.6 Å². The number of rotatable bonds is 20. The summed E-state index contributed by atoms with van der Waals surface area (Å²) in [4.78, 5) is 0. The van der Waals surface area contributed by atoms with Crippen LogP contribution in [0.25, 0.3) is 0 Å². The van der Waals surface area contributed by atoms with Crippen molar-refractivity contribution in [2.45, 2.75) is 110 Å². The highest BCUT2D eigenvalue weighted by molar-refractivity contribution is 4.81. The molecule has 0 aromatic carbocycles. The molecule has 0 spiro atoms. The molecule has 3 N–H and O–H groups in total. The smallest absolute Gasteiger partial charge is 0.000856 e. The van der Waals surface area contributed by atoms with Crippen LogP contribution in [0.1, 0.15) is 110 Å². The number of hydrogen-bond donors (Lipinski definition) is 2. The summed E-state index contributed by atoms with van der Waals surface area (Å²) in [7, 11) is 0. The van der Waals surface area contributed by atoms with Gasteiger partial charge in [-0.05, 0) is 57.7 Å². The van der Waals surface area contributed by atoms with Crippen molar-refractivity contribution < 1.29 is 0 Å². The molecule has 0 aliphatic heterocycles. The van der Waals surface area contributed by atoms with E-state index in [0.717, 1.165) is 19.6 Å². The lowest BCUT2D eigenvalue weighted by atomic mass is 10.1. The SMILES string of the molecule is CCCCCCCC/C=C\CCCCCCCCNCC(CC)CN. The van der Waals surface area contributed by atoms with Gasteiger partial charge in [0.05, 0.1) is 0 Å². The van der Waals surface area contributed by atoms with E-state index < -0.39 is 0 Å². The van der Waals surface area contributed by atoms with Gasteiger partial charge in [0, 0.05) is 0 Å². The normalized spacial score (nSPS) is 12.9. The van der Waals surface area contributed by atoms with Gasteiger partial charge in [0.2, 0.25) is 0 Å². The van der Waals surface area contributed by atoms with Crippen LogP contribution in [0, 0.1) is 5.92 Å². The molecule has 150 valence electrons. The fraction of sp³-hybridized carbons (Fsp3) is 0.913. The molecule has 0 heterocycles. The van der Waals surface area contributed by atoms with Gasteiger partial charge in [0.25, 0.3) is 0 Å². The fourth-order valence-electron chi connectivity index (χ4n) is 3.20. The van der Waals surface area contributed by atoms with Crippen LogP contribution >= 0.6 is 0 Å². The monoisotopic (exact) mass is 352 g/mol. The van der Waals surface area contributed by atoms with E-state index in [4.69, 9.17) is 5.73 Å². The summed E-state index contributed by atoms with van der Waals surface area (Å²) in [6, 6.07) is 0. The molecule has 0 saturated heterocycles. The molecule has 25 heavy (non-hydrogen) atoms. The molecular formula is C23H48N2. The number of hydrogen-bond acceptors (Lipinski definition) is 2. The average Bonchev–Trinajstić information content (AvgIpc) is 2.64. The minimum Gasteiger partial charge on any atom is -0.330 e. The van der Waals surface area contributed by atoms with Crippen LogP contribution in [0.5, 0.6) is 0 Å². The minimum absolute atomic E-state index is 0.661. The lowest BCUT2D eigenvalue weighted by Gasteiger charge is -2.12. The molecular weight excluding hydrogens is 304 g/mol. The van der Waals surface area contributed by atoms with Gasteiger partial charge in [0.15, 0.2) is 0 Å². The molecule has 0 bridgehead atoms. The first kappa shape index (κ1) is 24.7. The van der Waals surface area contributed by atoms with Crippen LogP contribution in [0.4, 0.5) is 0 Å². The highest BCUT2D eigenvalue weighted by atomic mass is 14.9. The highest BCUT2D eigenvalue weighted by Crippen LogP contribution is 2.09. The first-order chi connectivity index (χ1) is 12.3. The first-order valence-corrected chi connectivity index (χ1v) is 11.4. The predicted molar refractivity (Wildman–Crippen MR) is 115 cm³/mol. The summed E-state index contributed by atoms with van der Waals surface area (Å²) in [5, 5.41) is 3.55. The topological polar surface area (TPSA) is 38.0 Å². The van der Waals surface area contributed by atoms with Crippen LogP contribution in [0.15, 0.2) is 12.2 Å². The summed E-state index contributed by atoms with van der Waals surface area (Å²) in [5.74, 6) is 0.661.